The molecule has 0 N–H and O–H groups in total. The molecule has 190 valence electrons. The molecule has 34 heavy (non-hydrogen) atoms. The van der Waals surface area contributed by atoms with Gasteiger partial charge in [0.25, 0.3) is 0 Å². The molecule has 2 fully saturated rings. The summed E-state index contributed by atoms with van der Waals surface area (Å²) in [5.41, 5.74) is 2.35. The molecular weight excluding hydrogens is 452 g/mol. The van der Waals surface area contributed by atoms with Crippen molar-refractivity contribution in [1.29, 1.82) is 0 Å². The molecule has 1 aromatic rings. The second kappa shape index (κ2) is 12.2. The number of hydrogen-bond donors (Lipinski definition) is 0. The maximum Gasteiger partial charge on any atom is 0.248 e. The van der Waals surface area contributed by atoms with Gasteiger partial charge in [-0.25, -0.2) is 4.31 Å². The number of hydrogen-bond acceptors (Lipinski definition) is 7. The second-order valence-corrected chi connectivity index (χ2v) is 10.7. The maximum absolute atomic E-state index is 12.7. The van der Waals surface area contributed by atoms with Crippen molar-refractivity contribution in [3.05, 3.63) is 23.3 Å². The number of likely N-dealkylation sites (N-methyl/N-ethyl adjacent to an activating group) is 2. The van der Waals surface area contributed by atoms with Crippen molar-refractivity contribution in [2.24, 2.45) is 0 Å². The van der Waals surface area contributed by atoms with Crippen LogP contribution in [0.5, 0.6) is 5.75 Å². The quantitative estimate of drug-likeness (QED) is 0.367. The fourth-order valence-electron chi connectivity index (χ4n) is 4.66. The second-order valence-electron chi connectivity index (χ2n) is 9.53. The Morgan fingerprint density at radius 3 is 2.44 bits per heavy atom. The zero-order chi connectivity index (χ0) is 24.8. The standard InChI is InChI=1S/C25H40N4O4S/c1-18-13-22(32-6)14-19(2)25(18)34-27(4)11-12-33-17-24(31)28(5)21-15-23(30)29(16-21)20-7-9-26(3)10-8-20/h13-14,20-21H,7-12,15-17H2,1-6H3/t21-/m1/s1. The topological polar surface area (TPSA) is 65.6 Å². The Balaban J connectivity index is 1.39. The minimum Gasteiger partial charge on any atom is -0.497 e. The molecule has 0 aliphatic carbocycles. The molecule has 0 saturated carbocycles. The lowest BCUT2D eigenvalue weighted by Crippen LogP contribution is -2.46. The van der Waals surface area contributed by atoms with Gasteiger partial charge in [-0.2, -0.15) is 0 Å². The van der Waals surface area contributed by atoms with Crippen LogP contribution in [0, 0.1) is 13.8 Å². The van der Waals surface area contributed by atoms with Crippen LogP contribution in [0.2, 0.25) is 0 Å². The van der Waals surface area contributed by atoms with Gasteiger partial charge in [-0.3, -0.25) is 9.59 Å². The third kappa shape index (κ3) is 6.87. The summed E-state index contributed by atoms with van der Waals surface area (Å²) in [6, 6.07) is 4.31. The van der Waals surface area contributed by atoms with Gasteiger partial charge < -0.3 is 24.2 Å². The summed E-state index contributed by atoms with van der Waals surface area (Å²) in [6.07, 6.45) is 2.43. The number of ether oxygens (including phenoxy) is 2. The summed E-state index contributed by atoms with van der Waals surface area (Å²) in [4.78, 5) is 32.5. The molecule has 0 spiro atoms. The number of rotatable bonds is 10. The molecule has 8 nitrogen and oxygen atoms in total. The summed E-state index contributed by atoms with van der Waals surface area (Å²) in [5, 5.41) is 0. The highest BCUT2D eigenvalue weighted by molar-refractivity contribution is 7.97. The van der Waals surface area contributed by atoms with Gasteiger partial charge in [-0.1, -0.05) is 0 Å². The average Bonchev–Trinajstić information content (AvgIpc) is 3.20. The maximum atomic E-state index is 12.7. The molecule has 0 bridgehead atoms. The summed E-state index contributed by atoms with van der Waals surface area (Å²) >= 11 is 1.67. The minimum absolute atomic E-state index is 0.0362. The predicted octanol–water partition coefficient (Wildman–Crippen LogP) is 2.42. The number of piperidine rings is 1. The lowest BCUT2D eigenvalue weighted by atomic mass is 10.0. The average molecular weight is 493 g/mol. The number of aryl methyl sites for hydroxylation is 2. The van der Waals surface area contributed by atoms with Crippen LogP contribution in [-0.2, 0) is 14.3 Å². The summed E-state index contributed by atoms with van der Waals surface area (Å²) in [6.45, 7) is 8.03. The van der Waals surface area contributed by atoms with Crippen molar-refractivity contribution in [3.8, 4) is 5.75 Å². The zero-order valence-corrected chi connectivity index (χ0v) is 22.3. The van der Waals surface area contributed by atoms with E-state index in [-0.39, 0.29) is 24.5 Å². The fourth-order valence-corrected chi connectivity index (χ4v) is 5.55. The molecule has 2 aliphatic rings. The van der Waals surface area contributed by atoms with Crippen molar-refractivity contribution in [2.45, 2.75) is 50.1 Å². The highest BCUT2D eigenvalue weighted by atomic mass is 32.2. The van der Waals surface area contributed by atoms with Crippen LogP contribution in [0.15, 0.2) is 17.0 Å². The lowest BCUT2D eigenvalue weighted by molar-refractivity contribution is -0.136. The summed E-state index contributed by atoms with van der Waals surface area (Å²) in [5.74, 6) is 0.967. The van der Waals surface area contributed by atoms with Gasteiger partial charge in [0, 0.05) is 37.5 Å². The Bertz CT molecular complexity index is 836. The van der Waals surface area contributed by atoms with E-state index >= 15 is 0 Å². The van der Waals surface area contributed by atoms with Gasteiger partial charge in [-0.05, 0) is 89.1 Å². The van der Waals surface area contributed by atoms with Crippen molar-refractivity contribution in [2.75, 3.05) is 67.6 Å². The first-order valence-electron chi connectivity index (χ1n) is 12.0. The number of amides is 2. The van der Waals surface area contributed by atoms with Crippen LogP contribution in [0.25, 0.3) is 0 Å². The van der Waals surface area contributed by atoms with Crippen LogP contribution in [0.3, 0.4) is 0 Å². The van der Waals surface area contributed by atoms with Gasteiger partial charge in [0.05, 0.1) is 19.8 Å². The van der Waals surface area contributed by atoms with Crippen LogP contribution in [0.4, 0.5) is 0 Å². The molecule has 1 aromatic carbocycles. The van der Waals surface area contributed by atoms with Crippen LogP contribution in [-0.4, -0.2) is 111 Å². The molecule has 3 rings (SSSR count). The Hall–Kier alpha value is -1.81. The summed E-state index contributed by atoms with van der Waals surface area (Å²) in [7, 11) is 7.61. The lowest BCUT2D eigenvalue weighted by Gasteiger charge is -2.35. The van der Waals surface area contributed by atoms with E-state index in [0.29, 0.717) is 32.2 Å². The first kappa shape index (κ1) is 26.8. The molecule has 0 aromatic heterocycles. The molecule has 1 atom stereocenters. The monoisotopic (exact) mass is 492 g/mol. The third-order valence-electron chi connectivity index (χ3n) is 6.90. The van der Waals surface area contributed by atoms with E-state index in [1.165, 1.54) is 16.0 Å². The van der Waals surface area contributed by atoms with Crippen LogP contribution < -0.4 is 4.74 Å². The van der Waals surface area contributed by atoms with Crippen molar-refractivity contribution >= 4 is 23.8 Å². The van der Waals surface area contributed by atoms with E-state index in [9.17, 15) is 9.59 Å². The van der Waals surface area contributed by atoms with E-state index in [2.05, 4.69) is 30.1 Å². The Morgan fingerprint density at radius 2 is 1.82 bits per heavy atom. The van der Waals surface area contributed by atoms with Crippen molar-refractivity contribution in [3.63, 3.8) is 0 Å². The third-order valence-corrected chi connectivity index (χ3v) is 8.22. The molecule has 2 saturated heterocycles. The first-order chi connectivity index (χ1) is 16.2. The van der Waals surface area contributed by atoms with Crippen molar-refractivity contribution in [1.82, 2.24) is 19.0 Å². The SMILES string of the molecule is COc1cc(C)c(SN(C)CCOCC(=O)N(C)[C@@H]2CC(=O)N(C3CCN(C)CC3)C2)c(C)c1. The van der Waals surface area contributed by atoms with E-state index in [1.54, 1.807) is 31.0 Å². The normalized spacial score (nSPS) is 19.8. The van der Waals surface area contributed by atoms with E-state index in [1.807, 2.05) is 24.1 Å². The molecule has 2 amide bonds. The Kier molecular flexibility index (Phi) is 9.65. The van der Waals surface area contributed by atoms with Crippen molar-refractivity contribution < 1.29 is 19.1 Å². The molecule has 0 radical (unpaired) electrons. The van der Waals surface area contributed by atoms with Gasteiger partial charge in [-0.15, -0.1) is 0 Å². The van der Waals surface area contributed by atoms with Gasteiger partial charge in [0.15, 0.2) is 0 Å². The van der Waals surface area contributed by atoms with Gasteiger partial charge >= 0.3 is 0 Å². The zero-order valence-electron chi connectivity index (χ0n) is 21.5. The van der Waals surface area contributed by atoms with Gasteiger partial charge in [0.1, 0.15) is 12.4 Å². The first-order valence-corrected chi connectivity index (χ1v) is 12.8. The number of nitrogens with zero attached hydrogens (tertiary/aromatic N) is 4. The number of methoxy groups -OCH3 is 1. The summed E-state index contributed by atoms with van der Waals surface area (Å²) < 4.78 is 13.1. The van der Waals surface area contributed by atoms with Crippen LogP contribution >= 0.6 is 11.9 Å². The minimum atomic E-state index is -0.0693. The Labute approximate surface area is 208 Å². The highest BCUT2D eigenvalue weighted by Crippen LogP contribution is 2.31. The number of likely N-dealkylation sites (tertiary alicyclic amines) is 2. The largest absolute Gasteiger partial charge is 0.497 e. The predicted molar refractivity (Wildman–Crippen MR) is 135 cm³/mol. The Morgan fingerprint density at radius 1 is 1.18 bits per heavy atom. The fraction of sp³-hybridized carbons (Fsp3) is 0.680. The van der Waals surface area contributed by atoms with Gasteiger partial charge in [0.2, 0.25) is 11.8 Å². The molecule has 2 heterocycles. The smallest absolute Gasteiger partial charge is 0.248 e. The number of carbonyl (C=O) groups is 2. The highest BCUT2D eigenvalue weighted by Gasteiger charge is 2.38. The molecular formula is C25H40N4O4S. The number of carbonyl (C=O) groups excluding carboxylic acids is 2. The molecule has 2 aliphatic heterocycles. The van der Waals surface area contributed by atoms with Crippen LogP contribution in [0.1, 0.15) is 30.4 Å². The van der Waals surface area contributed by atoms with E-state index in [0.717, 1.165) is 31.7 Å². The molecule has 9 heteroatoms. The van der Waals surface area contributed by atoms with E-state index < -0.39 is 0 Å². The van der Waals surface area contributed by atoms with E-state index in [4.69, 9.17) is 9.47 Å². The molecule has 0 unspecified atom stereocenters. The number of benzene rings is 1.